The fourth-order valence-electron chi connectivity index (χ4n) is 9.65. The maximum atomic E-state index is 13.1. The van der Waals surface area contributed by atoms with Crippen LogP contribution in [-0.4, -0.2) is 128 Å². The maximum absolute atomic E-state index is 13.1. The third-order valence-corrected chi connectivity index (χ3v) is 14.9. The molecule has 8 rings (SSSR count). The number of rotatable bonds is 14. The molecule has 1 unspecified atom stereocenters. The molecule has 0 aliphatic carbocycles. The van der Waals surface area contributed by atoms with Gasteiger partial charge in [0.25, 0.3) is 5.91 Å². The minimum atomic E-state index is -2.59. The van der Waals surface area contributed by atoms with Crippen molar-refractivity contribution in [2.24, 2.45) is 0 Å². The van der Waals surface area contributed by atoms with Crippen LogP contribution in [-0.2, 0) is 31.0 Å². The van der Waals surface area contributed by atoms with Gasteiger partial charge in [-0.15, -0.1) is 0 Å². The summed E-state index contributed by atoms with van der Waals surface area (Å²) < 4.78 is 25.0. The second kappa shape index (κ2) is 20.0. The summed E-state index contributed by atoms with van der Waals surface area (Å²) >= 11 is 6.61. The van der Waals surface area contributed by atoms with Crippen molar-refractivity contribution >= 4 is 59.0 Å². The van der Waals surface area contributed by atoms with Crippen molar-refractivity contribution in [3.05, 3.63) is 88.1 Å². The third kappa shape index (κ3) is 9.94. The third-order valence-electron chi connectivity index (χ3n) is 13.0. The molecule has 0 spiro atoms. The lowest BCUT2D eigenvalue weighted by Crippen LogP contribution is -2.58. The van der Waals surface area contributed by atoms with Gasteiger partial charge in [0, 0.05) is 62.2 Å². The number of piperazine rings is 1. The SMILES string of the molecule is COc1c(-c2ncc(Cl)c(Nc3ccccc3P(C)(C)=O)n2)ccc(C2(N3CCN(CCCCOCC#Cc4cccc5c4CN(C4CCC(=O)NC4=O)C5=O)CC3)CCNCC2)c1N. The zero-order valence-corrected chi connectivity index (χ0v) is 38.9. The van der Waals surface area contributed by atoms with Gasteiger partial charge in [-0.25, -0.2) is 9.97 Å². The summed E-state index contributed by atoms with van der Waals surface area (Å²) in [4.78, 5) is 53.3. The molecule has 4 aliphatic rings. The normalized spacial score (nSPS) is 19.0. The number of methoxy groups -OCH3 is 1. The molecular weight excluding hydrogens is 865 g/mol. The standard InChI is InChI=1S/C48H57ClN9O6P/c1-63-43-34(44-52-30-37(49)45(55-44)53-38-13-4-5-14-40(38)65(2,3)62)15-16-36(42(43)50)48(19-21-51-22-20-48)57-26-24-56(25-27-57)23-6-7-28-64-29-9-11-32-10-8-12-33-35(32)31-58(47(33)61)39-17-18-41(59)54-46(39)60/h4-5,8,10,12-16,30,39,51H,6-7,17-29,31,50H2,1-3H3,(H,52,53,55)(H,54,59,60). The van der Waals surface area contributed by atoms with E-state index in [2.05, 4.69) is 48.6 Å². The highest BCUT2D eigenvalue weighted by Gasteiger charge is 2.43. The van der Waals surface area contributed by atoms with E-state index in [4.69, 9.17) is 31.8 Å². The van der Waals surface area contributed by atoms with Crippen molar-refractivity contribution in [2.75, 3.05) is 90.5 Å². The second-order valence-corrected chi connectivity index (χ2v) is 21.0. The Morgan fingerprint density at radius 1 is 1.00 bits per heavy atom. The molecule has 3 amide bonds. The smallest absolute Gasteiger partial charge is 0.255 e. The number of nitrogens with two attached hydrogens (primary N) is 1. The summed E-state index contributed by atoms with van der Waals surface area (Å²) in [6.45, 7) is 11.1. The first-order chi connectivity index (χ1) is 31.4. The first-order valence-corrected chi connectivity index (χ1v) is 25.3. The van der Waals surface area contributed by atoms with Crippen molar-refractivity contribution in [2.45, 2.75) is 56.7 Å². The molecule has 4 aromatic rings. The summed E-state index contributed by atoms with van der Waals surface area (Å²) in [6, 6.07) is 16.4. The van der Waals surface area contributed by atoms with E-state index in [1.807, 2.05) is 36.4 Å². The molecule has 1 aromatic heterocycles. The molecule has 4 aliphatic heterocycles. The highest BCUT2D eigenvalue weighted by Crippen LogP contribution is 2.47. The molecule has 0 radical (unpaired) electrons. The Balaban J connectivity index is 0.848. The molecule has 65 heavy (non-hydrogen) atoms. The Labute approximate surface area is 385 Å². The molecule has 3 aromatic carbocycles. The van der Waals surface area contributed by atoms with Crippen LogP contribution in [0, 0.1) is 11.8 Å². The number of piperidine rings is 2. The van der Waals surface area contributed by atoms with E-state index in [0.717, 1.165) is 88.2 Å². The fourth-order valence-corrected chi connectivity index (χ4v) is 10.9. The number of hydrogen-bond acceptors (Lipinski definition) is 13. The van der Waals surface area contributed by atoms with E-state index < -0.39 is 19.1 Å². The van der Waals surface area contributed by atoms with E-state index >= 15 is 0 Å². The molecule has 1 atom stereocenters. The van der Waals surface area contributed by atoms with Crippen molar-refractivity contribution < 1.29 is 28.4 Å². The Hall–Kier alpha value is -5.33. The van der Waals surface area contributed by atoms with Gasteiger partial charge >= 0.3 is 0 Å². The van der Waals surface area contributed by atoms with Gasteiger partial charge in [0.05, 0.1) is 35.8 Å². The molecule has 3 fully saturated rings. The number of carbonyl (C=O) groups is 3. The molecule has 5 heterocycles. The summed E-state index contributed by atoms with van der Waals surface area (Å²) in [5.74, 6) is 6.65. The average molecular weight is 922 g/mol. The second-order valence-electron chi connectivity index (χ2n) is 17.4. The number of nitrogen functional groups attached to an aromatic ring is 1. The van der Waals surface area contributed by atoms with E-state index in [1.165, 1.54) is 0 Å². The number of imide groups is 1. The molecular formula is C48H57ClN9O6P. The largest absolute Gasteiger partial charge is 0.494 e. The average Bonchev–Trinajstić information content (AvgIpc) is 3.64. The number of amides is 3. The van der Waals surface area contributed by atoms with E-state index in [1.54, 1.807) is 43.7 Å². The van der Waals surface area contributed by atoms with E-state index in [9.17, 15) is 18.9 Å². The fraction of sp³-hybridized carbons (Fsp3) is 0.438. The Kier molecular flexibility index (Phi) is 14.2. The quantitative estimate of drug-likeness (QED) is 0.0427. The molecule has 0 bridgehead atoms. The number of nitrogens with one attached hydrogen (secondary N) is 3. The number of benzene rings is 3. The van der Waals surface area contributed by atoms with Gasteiger partial charge in [0.15, 0.2) is 17.4 Å². The van der Waals surface area contributed by atoms with Crippen molar-refractivity contribution in [1.29, 1.82) is 0 Å². The van der Waals surface area contributed by atoms with Gasteiger partial charge in [0.1, 0.15) is 24.8 Å². The van der Waals surface area contributed by atoms with Gasteiger partial charge in [-0.2, -0.15) is 0 Å². The van der Waals surface area contributed by atoms with Crippen LogP contribution in [0.15, 0.2) is 60.8 Å². The predicted molar refractivity (Wildman–Crippen MR) is 253 cm³/mol. The van der Waals surface area contributed by atoms with Crippen LogP contribution in [0.3, 0.4) is 0 Å². The number of carbonyl (C=O) groups excluding carboxylic acids is 3. The van der Waals surface area contributed by atoms with Gasteiger partial charge in [-0.05, 0) is 107 Å². The van der Waals surface area contributed by atoms with Crippen LogP contribution in [0.1, 0.15) is 65.6 Å². The first-order valence-electron chi connectivity index (χ1n) is 22.3. The maximum Gasteiger partial charge on any atom is 0.255 e. The van der Waals surface area contributed by atoms with Crippen LogP contribution in [0.4, 0.5) is 17.2 Å². The molecule has 0 saturated carbocycles. The number of hydrogen-bond donors (Lipinski definition) is 4. The van der Waals surface area contributed by atoms with Gasteiger partial charge in [0.2, 0.25) is 11.8 Å². The molecule has 15 nitrogen and oxygen atoms in total. The Morgan fingerprint density at radius 3 is 2.54 bits per heavy atom. The van der Waals surface area contributed by atoms with Gasteiger partial charge in [-0.1, -0.05) is 47.7 Å². The number of halogens is 1. The summed E-state index contributed by atoms with van der Waals surface area (Å²) in [7, 11) is -0.967. The lowest BCUT2D eigenvalue weighted by Gasteiger charge is -2.50. The number of aromatic nitrogens is 2. The molecule has 5 N–H and O–H groups in total. The summed E-state index contributed by atoms with van der Waals surface area (Å²) in [5, 5.41) is 10.2. The zero-order chi connectivity index (χ0) is 45.7. The van der Waals surface area contributed by atoms with Crippen molar-refractivity contribution in [1.82, 2.24) is 35.3 Å². The topological polar surface area (TPSA) is 184 Å². The highest BCUT2D eigenvalue weighted by molar-refractivity contribution is 7.70. The first kappa shape index (κ1) is 46.2. The lowest BCUT2D eigenvalue weighted by atomic mass is 9.78. The molecule has 342 valence electrons. The molecule has 17 heteroatoms. The van der Waals surface area contributed by atoms with Crippen LogP contribution in [0.5, 0.6) is 5.75 Å². The van der Waals surface area contributed by atoms with E-state index in [-0.39, 0.29) is 36.9 Å². The Morgan fingerprint density at radius 2 is 1.78 bits per heavy atom. The number of unbranched alkanes of at least 4 members (excludes halogenated alkanes) is 1. The number of anilines is 3. The monoisotopic (exact) mass is 921 g/mol. The number of para-hydroxylation sites is 1. The van der Waals surface area contributed by atoms with E-state index in [0.29, 0.717) is 63.2 Å². The number of fused-ring (bicyclic) bond motifs is 1. The minimum Gasteiger partial charge on any atom is -0.494 e. The van der Waals surface area contributed by atoms with Crippen LogP contribution >= 0.6 is 18.7 Å². The molecule has 3 saturated heterocycles. The summed E-state index contributed by atoms with van der Waals surface area (Å²) in [5.41, 5.74) is 11.9. The van der Waals surface area contributed by atoms with Crippen LogP contribution < -0.4 is 31.7 Å². The van der Waals surface area contributed by atoms with Crippen molar-refractivity contribution in [3.63, 3.8) is 0 Å². The number of ether oxygens (including phenoxy) is 2. The van der Waals surface area contributed by atoms with Crippen LogP contribution in [0.2, 0.25) is 5.02 Å². The minimum absolute atomic E-state index is 0.209. The van der Waals surface area contributed by atoms with Gasteiger partial charge < -0.3 is 40.2 Å². The highest BCUT2D eigenvalue weighted by atomic mass is 35.5. The number of nitrogens with zero attached hydrogens (tertiary/aromatic N) is 5. The van der Waals surface area contributed by atoms with Crippen molar-refractivity contribution in [3.8, 4) is 29.0 Å². The Bertz CT molecular complexity index is 2560. The van der Waals surface area contributed by atoms with Gasteiger partial charge in [-0.3, -0.25) is 24.6 Å². The predicted octanol–water partition coefficient (Wildman–Crippen LogP) is 5.19. The van der Waals surface area contributed by atoms with Crippen LogP contribution in [0.25, 0.3) is 11.4 Å². The lowest BCUT2D eigenvalue weighted by molar-refractivity contribution is -0.136. The zero-order valence-electron chi connectivity index (χ0n) is 37.3. The summed E-state index contributed by atoms with van der Waals surface area (Å²) in [6.07, 6.45) is 5.84.